The monoisotopic (exact) mass is 516 g/mol. The lowest BCUT2D eigenvalue weighted by molar-refractivity contribution is 0.0746. The highest BCUT2D eigenvalue weighted by atomic mass is 32.1. The van der Waals surface area contributed by atoms with Crippen LogP contribution in [0.4, 0.5) is 5.82 Å². The van der Waals surface area contributed by atoms with Gasteiger partial charge in [-0.15, -0.1) is 11.3 Å². The summed E-state index contributed by atoms with van der Waals surface area (Å²) in [6, 6.07) is 20.6. The molecule has 0 atom stereocenters. The summed E-state index contributed by atoms with van der Waals surface area (Å²) in [6.07, 6.45) is 2.39. The average Bonchev–Trinajstić information content (AvgIpc) is 3.39. The van der Waals surface area contributed by atoms with E-state index in [1.807, 2.05) is 47.4 Å². The van der Waals surface area contributed by atoms with Crippen molar-refractivity contribution in [2.75, 3.05) is 44.3 Å². The molecule has 0 spiro atoms. The van der Waals surface area contributed by atoms with Crippen molar-refractivity contribution in [2.45, 2.75) is 26.2 Å². The Hall–Kier alpha value is -3.49. The zero-order chi connectivity index (χ0) is 25.6. The van der Waals surface area contributed by atoms with E-state index in [0.29, 0.717) is 50.8 Å². The van der Waals surface area contributed by atoms with Gasteiger partial charge in [0.15, 0.2) is 0 Å². The van der Waals surface area contributed by atoms with E-state index in [-0.39, 0.29) is 12.5 Å². The van der Waals surface area contributed by atoms with E-state index in [1.54, 1.807) is 11.3 Å². The quantitative estimate of drug-likeness (QED) is 0.314. The summed E-state index contributed by atoms with van der Waals surface area (Å²) in [4.78, 5) is 29.0. The van der Waals surface area contributed by atoms with Gasteiger partial charge in [-0.05, 0) is 48.6 Å². The molecule has 0 aliphatic carbocycles. The van der Waals surface area contributed by atoms with Crippen molar-refractivity contribution in [3.63, 3.8) is 0 Å². The molecule has 1 aliphatic rings. The van der Waals surface area contributed by atoms with E-state index in [2.05, 4.69) is 35.0 Å². The summed E-state index contributed by atoms with van der Waals surface area (Å²) in [5.74, 6) is 0.932. The molecule has 0 bridgehead atoms. The summed E-state index contributed by atoms with van der Waals surface area (Å²) in [5, 5.41) is 10.1. The number of rotatable bonds is 9. The first-order valence-corrected chi connectivity index (χ1v) is 13.7. The Labute approximate surface area is 221 Å². The molecule has 4 aromatic rings. The van der Waals surface area contributed by atoms with E-state index in [1.165, 1.54) is 4.88 Å². The minimum atomic E-state index is 0.0591. The highest BCUT2D eigenvalue weighted by Crippen LogP contribution is 2.33. The number of aliphatic hydroxyl groups is 1. The highest BCUT2D eigenvalue weighted by molar-refractivity contribution is 7.18. The number of thiophene rings is 1. The molecule has 3 heterocycles. The number of anilines is 1. The van der Waals surface area contributed by atoms with Crippen LogP contribution >= 0.6 is 11.3 Å². The molecular weight excluding hydrogens is 484 g/mol. The van der Waals surface area contributed by atoms with Gasteiger partial charge in [0.05, 0.1) is 12.0 Å². The zero-order valence-corrected chi connectivity index (χ0v) is 21.9. The second kappa shape index (κ2) is 11.7. The number of amides is 1. The smallest absolute Gasteiger partial charge is 0.319 e. The van der Waals surface area contributed by atoms with Gasteiger partial charge in [-0.3, -0.25) is 4.79 Å². The summed E-state index contributed by atoms with van der Waals surface area (Å²) in [6.45, 7) is 5.41. The lowest BCUT2D eigenvalue weighted by atomic mass is 10.0. The third kappa shape index (κ3) is 5.76. The number of aromatic nitrogens is 2. The first-order valence-electron chi connectivity index (χ1n) is 12.9. The minimum absolute atomic E-state index is 0.0591. The molecule has 1 saturated heterocycles. The van der Waals surface area contributed by atoms with Crippen molar-refractivity contribution in [3.05, 3.63) is 71.1 Å². The van der Waals surface area contributed by atoms with Crippen LogP contribution in [-0.2, 0) is 6.42 Å². The van der Waals surface area contributed by atoms with Crippen LogP contribution in [0.2, 0.25) is 0 Å². The van der Waals surface area contributed by atoms with Crippen molar-refractivity contribution < 1.29 is 14.6 Å². The van der Waals surface area contributed by atoms with Crippen LogP contribution in [0.3, 0.4) is 0 Å². The summed E-state index contributed by atoms with van der Waals surface area (Å²) in [5.41, 5.74) is 2.95. The number of ether oxygens (including phenoxy) is 1. The summed E-state index contributed by atoms with van der Waals surface area (Å²) < 4.78 is 5.83. The van der Waals surface area contributed by atoms with Gasteiger partial charge in [-0.1, -0.05) is 49.4 Å². The summed E-state index contributed by atoms with van der Waals surface area (Å²) >= 11 is 1.67. The number of piperazine rings is 1. The Morgan fingerprint density at radius 3 is 2.41 bits per heavy atom. The molecule has 2 aromatic carbocycles. The normalized spacial score (nSPS) is 13.8. The predicted molar refractivity (Wildman–Crippen MR) is 149 cm³/mol. The number of hydrogen-bond acceptors (Lipinski definition) is 7. The molecule has 192 valence electrons. The fourth-order valence-corrected chi connectivity index (χ4v) is 5.49. The van der Waals surface area contributed by atoms with Crippen molar-refractivity contribution in [1.29, 1.82) is 0 Å². The van der Waals surface area contributed by atoms with E-state index in [0.717, 1.165) is 40.0 Å². The average molecular weight is 517 g/mol. The van der Waals surface area contributed by atoms with E-state index in [4.69, 9.17) is 14.8 Å². The van der Waals surface area contributed by atoms with Gasteiger partial charge < -0.3 is 19.6 Å². The fraction of sp³-hybridized carbons (Fsp3) is 0.345. The van der Waals surface area contributed by atoms with Crippen LogP contribution in [0.15, 0.2) is 60.7 Å². The lowest BCUT2D eigenvalue weighted by Crippen LogP contribution is -2.49. The Bertz CT molecular complexity index is 1330. The molecule has 1 N–H and O–H groups in total. The predicted octanol–water partition coefficient (Wildman–Crippen LogP) is 5.03. The van der Waals surface area contributed by atoms with Crippen LogP contribution in [0.5, 0.6) is 6.01 Å². The third-order valence-electron chi connectivity index (χ3n) is 6.64. The van der Waals surface area contributed by atoms with Gasteiger partial charge in [0.1, 0.15) is 10.6 Å². The molecule has 5 rings (SSSR count). The first-order chi connectivity index (χ1) is 18.2. The summed E-state index contributed by atoms with van der Waals surface area (Å²) in [7, 11) is 0. The fourth-order valence-electron chi connectivity index (χ4n) is 4.53. The van der Waals surface area contributed by atoms with Crippen molar-refractivity contribution in [3.8, 4) is 17.1 Å². The van der Waals surface area contributed by atoms with E-state index in [9.17, 15) is 4.79 Å². The SMILES string of the molecule is CCc1cc2c(N3CCN(C(=O)c4ccc(-c5ccccc5)cc4)CC3)nc(OCCCCO)nc2s1. The van der Waals surface area contributed by atoms with Gasteiger partial charge >= 0.3 is 6.01 Å². The molecule has 1 amide bonds. The van der Waals surface area contributed by atoms with Gasteiger partial charge in [0.2, 0.25) is 0 Å². The largest absolute Gasteiger partial charge is 0.463 e. The maximum atomic E-state index is 13.2. The standard InChI is InChI=1S/C29H32N4O3S/c1-2-24-20-25-26(30-29(31-27(25)37-24)36-19-7-6-18-34)32-14-16-33(17-15-32)28(35)23-12-10-22(11-13-23)21-8-4-3-5-9-21/h3-5,8-13,20,34H,2,6-7,14-19H2,1H3. The number of hydrogen-bond donors (Lipinski definition) is 1. The molecule has 2 aromatic heterocycles. The number of aryl methyl sites for hydroxylation is 1. The van der Waals surface area contributed by atoms with Crippen molar-refractivity contribution in [2.24, 2.45) is 0 Å². The zero-order valence-electron chi connectivity index (χ0n) is 21.1. The number of nitrogens with zero attached hydrogens (tertiary/aromatic N) is 4. The Kier molecular flexibility index (Phi) is 7.96. The Balaban J connectivity index is 1.28. The van der Waals surface area contributed by atoms with Crippen LogP contribution in [0.1, 0.15) is 35.0 Å². The van der Waals surface area contributed by atoms with E-state index >= 15 is 0 Å². The Morgan fingerprint density at radius 2 is 1.70 bits per heavy atom. The maximum Gasteiger partial charge on any atom is 0.319 e. The second-order valence-electron chi connectivity index (χ2n) is 9.12. The van der Waals surface area contributed by atoms with Crippen molar-refractivity contribution >= 4 is 33.3 Å². The molecule has 7 nitrogen and oxygen atoms in total. The Morgan fingerprint density at radius 1 is 0.973 bits per heavy atom. The van der Waals surface area contributed by atoms with Crippen LogP contribution in [0, 0.1) is 0 Å². The molecular formula is C29H32N4O3S. The molecule has 1 fully saturated rings. The molecule has 0 saturated carbocycles. The van der Waals surface area contributed by atoms with E-state index < -0.39 is 0 Å². The van der Waals surface area contributed by atoms with Gasteiger partial charge in [0.25, 0.3) is 5.91 Å². The number of benzene rings is 2. The third-order valence-corrected chi connectivity index (χ3v) is 7.81. The van der Waals surface area contributed by atoms with Gasteiger partial charge in [-0.25, -0.2) is 0 Å². The molecule has 0 radical (unpaired) electrons. The maximum absolute atomic E-state index is 13.2. The number of fused-ring (bicyclic) bond motifs is 1. The topological polar surface area (TPSA) is 78.8 Å². The lowest BCUT2D eigenvalue weighted by Gasteiger charge is -2.35. The molecule has 0 unspecified atom stereocenters. The number of unbranched alkanes of at least 4 members (excludes halogenated alkanes) is 1. The first kappa shape index (κ1) is 25.2. The molecule has 1 aliphatic heterocycles. The van der Waals surface area contributed by atoms with Crippen molar-refractivity contribution in [1.82, 2.24) is 14.9 Å². The van der Waals surface area contributed by atoms with Crippen LogP contribution in [-0.4, -0.2) is 65.3 Å². The van der Waals surface area contributed by atoms with Crippen LogP contribution in [0.25, 0.3) is 21.3 Å². The molecule has 8 heteroatoms. The van der Waals surface area contributed by atoms with Gasteiger partial charge in [0, 0.05) is 43.2 Å². The minimum Gasteiger partial charge on any atom is -0.463 e. The number of carbonyl (C=O) groups is 1. The van der Waals surface area contributed by atoms with Gasteiger partial charge in [-0.2, -0.15) is 9.97 Å². The highest BCUT2D eigenvalue weighted by Gasteiger charge is 2.25. The molecule has 37 heavy (non-hydrogen) atoms. The van der Waals surface area contributed by atoms with Crippen LogP contribution < -0.4 is 9.64 Å². The number of aliphatic hydroxyl groups excluding tert-OH is 1. The number of carbonyl (C=O) groups excluding carboxylic acids is 1. The second-order valence-corrected chi connectivity index (χ2v) is 10.2.